The minimum absolute atomic E-state index is 0.778. The van der Waals surface area contributed by atoms with Crippen LogP contribution in [-0.4, -0.2) is 24.5 Å². The van der Waals surface area contributed by atoms with E-state index in [1.165, 1.54) is 25.8 Å². The van der Waals surface area contributed by atoms with E-state index in [0.29, 0.717) is 0 Å². The molecule has 0 aliphatic rings. The van der Waals surface area contributed by atoms with Crippen molar-refractivity contribution in [2.45, 2.75) is 59.9 Å². The molecular weight excluding hydrogens is 170 g/mol. The molecule has 86 valence electrons. The van der Waals surface area contributed by atoms with Crippen LogP contribution in [0.15, 0.2) is 0 Å². The van der Waals surface area contributed by atoms with Crippen molar-refractivity contribution in [3.05, 3.63) is 0 Å². The Kier molecular flexibility index (Phi) is 7.26. The van der Waals surface area contributed by atoms with Crippen molar-refractivity contribution in [2.75, 3.05) is 13.6 Å². The third-order valence-corrected chi connectivity index (χ3v) is 3.80. The molecule has 14 heavy (non-hydrogen) atoms. The van der Waals surface area contributed by atoms with E-state index in [1.54, 1.807) is 0 Å². The fraction of sp³-hybridized carbons (Fsp3) is 1.00. The van der Waals surface area contributed by atoms with Crippen LogP contribution in [-0.2, 0) is 0 Å². The molecule has 0 bridgehead atoms. The third kappa shape index (κ3) is 4.00. The van der Waals surface area contributed by atoms with Crippen molar-refractivity contribution >= 4 is 0 Å². The maximum absolute atomic E-state index is 2.51. The Morgan fingerprint density at radius 3 is 2.00 bits per heavy atom. The van der Waals surface area contributed by atoms with Gasteiger partial charge in [0.2, 0.25) is 0 Å². The molecule has 0 amide bonds. The standard InChI is InChI=1S/C13H29N/c1-7-10-13(14(6)9-3)12(5)11(4)8-2/h11-13H,7-10H2,1-6H3. The topological polar surface area (TPSA) is 3.24 Å². The molecule has 0 radical (unpaired) electrons. The van der Waals surface area contributed by atoms with E-state index in [4.69, 9.17) is 0 Å². The van der Waals surface area contributed by atoms with Crippen LogP contribution in [0, 0.1) is 11.8 Å². The highest BCUT2D eigenvalue weighted by Crippen LogP contribution is 2.24. The zero-order chi connectivity index (χ0) is 11.1. The summed E-state index contributed by atoms with van der Waals surface area (Å²) in [5, 5.41) is 0. The second kappa shape index (κ2) is 7.28. The summed E-state index contributed by atoms with van der Waals surface area (Å²) in [6.07, 6.45) is 3.95. The SMILES string of the molecule is CCCC(C(C)C(C)CC)N(C)CC. The summed E-state index contributed by atoms with van der Waals surface area (Å²) < 4.78 is 0. The zero-order valence-corrected chi connectivity index (χ0v) is 11.0. The minimum atomic E-state index is 0.778. The second-order valence-corrected chi connectivity index (χ2v) is 4.67. The largest absolute Gasteiger partial charge is 0.303 e. The van der Waals surface area contributed by atoms with E-state index >= 15 is 0 Å². The maximum atomic E-state index is 2.51. The van der Waals surface area contributed by atoms with Crippen molar-refractivity contribution in [3.8, 4) is 0 Å². The van der Waals surface area contributed by atoms with Crippen molar-refractivity contribution < 1.29 is 0 Å². The molecule has 3 unspecified atom stereocenters. The quantitative estimate of drug-likeness (QED) is 0.603. The predicted octanol–water partition coefficient (Wildman–Crippen LogP) is 3.79. The van der Waals surface area contributed by atoms with Crippen LogP contribution in [0.5, 0.6) is 0 Å². The number of rotatable bonds is 7. The second-order valence-electron chi connectivity index (χ2n) is 4.67. The zero-order valence-electron chi connectivity index (χ0n) is 11.0. The molecule has 0 saturated heterocycles. The summed E-state index contributed by atoms with van der Waals surface area (Å²) >= 11 is 0. The smallest absolute Gasteiger partial charge is 0.0120 e. The molecule has 0 aromatic heterocycles. The fourth-order valence-corrected chi connectivity index (χ4v) is 2.17. The third-order valence-electron chi connectivity index (χ3n) is 3.80. The molecule has 1 nitrogen and oxygen atoms in total. The van der Waals surface area contributed by atoms with Gasteiger partial charge in [-0.05, 0) is 31.8 Å². The molecule has 0 aliphatic heterocycles. The minimum Gasteiger partial charge on any atom is -0.303 e. The van der Waals surface area contributed by atoms with Crippen LogP contribution in [0.3, 0.4) is 0 Å². The average molecular weight is 199 g/mol. The lowest BCUT2D eigenvalue weighted by Gasteiger charge is -2.35. The van der Waals surface area contributed by atoms with Crippen molar-refractivity contribution in [2.24, 2.45) is 11.8 Å². The van der Waals surface area contributed by atoms with E-state index < -0.39 is 0 Å². The number of hydrogen-bond donors (Lipinski definition) is 0. The molecule has 0 aliphatic carbocycles. The highest BCUT2D eigenvalue weighted by Gasteiger charge is 2.23. The van der Waals surface area contributed by atoms with Crippen molar-refractivity contribution in [1.29, 1.82) is 0 Å². The van der Waals surface area contributed by atoms with Gasteiger partial charge in [0.1, 0.15) is 0 Å². The van der Waals surface area contributed by atoms with Crippen molar-refractivity contribution in [3.63, 3.8) is 0 Å². The first-order valence-electron chi connectivity index (χ1n) is 6.28. The van der Waals surface area contributed by atoms with Crippen LogP contribution in [0.25, 0.3) is 0 Å². The Morgan fingerprint density at radius 1 is 1.07 bits per heavy atom. The molecular formula is C13H29N. The average Bonchev–Trinajstić information content (AvgIpc) is 2.22. The summed E-state index contributed by atoms with van der Waals surface area (Å²) in [6.45, 7) is 12.8. The van der Waals surface area contributed by atoms with Crippen LogP contribution in [0.2, 0.25) is 0 Å². The number of nitrogens with zero attached hydrogens (tertiary/aromatic N) is 1. The Labute approximate surface area is 90.9 Å². The van der Waals surface area contributed by atoms with Crippen molar-refractivity contribution in [1.82, 2.24) is 4.90 Å². The Morgan fingerprint density at radius 2 is 1.64 bits per heavy atom. The van der Waals surface area contributed by atoms with Gasteiger partial charge in [0, 0.05) is 6.04 Å². The van der Waals surface area contributed by atoms with Crippen LogP contribution >= 0.6 is 0 Å². The van der Waals surface area contributed by atoms with Gasteiger partial charge in [-0.3, -0.25) is 0 Å². The van der Waals surface area contributed by atoms with Gasteiger partial charge >= 0.3 is 0 Å². The molecule has 0 aromatic rings. The van der Waals surface area contributed by atoms with Gasteiger partial charge in [0.05, 0.1) is 0 Å². The van der Waals surface area contributed by atoms with Gasteiger partial charge in [-0.15, -0.1) is 0 Å². The molecule has 0 N–H and O–H groups in total. The van der Waals surface area contributed by atoms with E-state index in [9.17, 15) is 0 Å². The molecule has 0 fully saturated rings. The first-order chi connectivity index (χ1) is 6.58. The van der Waals surface area contributed by atoms with Gasteiger partial charge < -0.3 is 4.90 Å². The lowest BCUT2D eigenvalue weighted by atomic mass is 9.84. The predicted molar refractivity (Wildman–Crippen MR) is 65.6 cm³/mol. The molecule has 0 rings (SSSR count). The Bertz CT molecular complexity index is 133. The highest BCUT2D eigenvalue weighted by atomic mass is 15.1. The van der Waals surface area contributed by atoms with Gasteiger partial charge in [-0.1, -0.05) is 47.5 Å². The number of hydrogen-bond acceptors (Lipinski definition) is 1. The summed E-state index contributed by atoms with van der Waals surface area (Å²) in [5.74, 6) is 1.67. The van der Waals surface area contributed by atoms with Gasteiger partial charge in [-0.2, -0.15) is 0 Å². The van der Waals surface area contributed by atoms with E-state index in [1.807, 2.05) is 0 Å². The lowest BCUT2D eigenvalue weighted by Crippen LogP contribution is -2.39. The highest BCUT2D eigenvalue weighted by molar-refractivity contribution is 4.77. The summed E-state index contributed by atoms with van der Waals surface area (Å²) in [6, 6.07) is 0.778. The lowest BCUT2D eigenvalue weighted by molar-refractivity contribution is 0.142. The Hall–Kier alpha value is -0.0400. The first-order valence-corrected chi connectivity index (χ1v) is 6.28. The summed E-state index contributed by atoms with van der Waals surface area (Å²) in [5.41, 5.74) is 0. The molecule has 0 spiro atoms. The molecule has 0 heterocycles. The Balaban J connectivity index is 4.31. The molecule has 0 saturated carbocycles. The van der Waals surface area contributed by atoms with Gasteiger partial charge in [0.25, 0.3) is 0 Å². The first kappa shape index (κ1) is 14.0. The molecule has 1 heteroatoms. The van der Waals surface area contributed by atoms with E-state index in [2.05, 4.69) is 46.6 Å². The van der Waals surface area contributed by atoms with Crippen LogP contribution < -0.4 is 0 Å². The van der Waals surface area contributed by atoms with Crippen LogP contribution in [0.1, 0.15) is 53.9 Å². The van der Waals surface area contributed by atoms with E-state index in [-0.39, 0.29) is 0 Å². The summed E-state index contributed by atoms with van der Waals surface area (Å²) in [7, 11) is 2.26. The van der Waals surface area contributed by atoms with E-state index in [0.717, 1.165) is 17.9 Å². The van der Waals surface area contributed by atoms with Crippen LogP contribution in [0.4, 0.5) is 0 Å². The molecule has 0 aromatic carbocycles. The van der Waals surface area contributed by atoms with Gasteiger partial charge in [-0.25, -0.2) is 0 Å². The summed E-state index contributed by atoms with van der Waals surface area (Å²) in [4.78, 5) is 2.51. The normalized spacial score (nSPS) is 18.2. The fourth-order valence-electron chi connectivity index (χ4n) is 2.17. The maximum Gasteiger partial charge on any atom is 0.0120 e. The monoisotopic (exact) mass is 199 g/mol. The molecule has 3 atom stereocenters. The van der Waals surface area contributed by atoms with Gasteiger partial charge in [0.15, 0.2) is 0 Å².